The summed E-state index contributed by atoms with van der Waals surface area (Å²) in [6.07, 6.45) is 0.823. The third-order valence-corrected chi connectivity index (χ3v) is 5.98. The summed E-state index contributed by atoms with van der Waals surface area (Å²) in [5.41, 5.74) is 1.81. The molecule has 1 aromatic heterocycles. The predicted octanol–water partition coefficient (Wildman–Crippen LogP) is 1.90. The lowest BCUT2D eigenvalue weighted by Crippen LogP contribution is -3.07. The smallest absolute Gasteiger partial charge is 0.262 e. The number of carbonyl (C=O) groups is 1. The number of fused-ring (bicyclic) bond motifs is 1. The molecule has 0 aliphatic rings. The van der Waals surface area contributed by atoms with E-state index >= 15 is 0 Å². The monoisotopic (exact) mass is 425 g/mol. The molecule has 0 aliphatic heterocycles. The van der Waals surface area contributed by atoms with Crippen molar-refractivity contribution in [3.63, 3.8) is 0 Å². The van der Waals surface area contributed by atoms with Gasteiger partial charge in [-0.25, -0.2) is 4.98 Å². The number of likely N-dealkylation sites (N-methyl/N-ethyl adjacent to an activating group) is 1. The lowest BCUT2D eigenvalue weighted by molar-refractivity contribution is -0.890. The Labute approximate surface area is 181 Å². The van der Waals surface area contributed by atoms with Crippen LogP contribution in [0.4, 0.5) is 0 Å². The number of rotatable bonds is 9. The zero-order chi connectivity index (χ0) is 21.5. The normalized spacial score (nSPS) is 12.3. The molecule has 1 heterocycles. The molecule has 0 saturated heterocycles. The van der Waals surface area contributed by atoms with Gasteiger partial charge in [-0.1, -0.05) is 61.2 Å². The Balaban J connectivity index is 1.69. The minimum Gasteiger partial charge on any atom is -0.349 e. The quantitative estimate of drug-likeness (QED) is 0.406. The molecule has 3 aromatic rings. The zero-order valence-corrected chi connectivity index (χ0v) is 18.5. The molecule has 6 nitrogen and oxygen atoms in total. The molecular formula is C23H29N4O2S+. The molecule has 0 bridgehead atoms. The van der Waals surface area contributed by atoms with Crippen LogP contribution in [0.5, 0.6) is 0 Å². The van der Waals surface area contributed by atoms with Crippen LogP contribution in [0.1, 0.15) is 24.9 Å². The highest BCUT2D eigenvalue weighted by Crippen LogP contribution is 2.18. The number of carbonyl (C=O) groups excluding carboxylic acids is 1. The van der Waals surface area contributed by atoms with Crippen LogP contribution in [0.15, 0.2) is 64.5 Å². The Morgan fingerprint density at radius 3 is 2.53 bits per heavy atom. The number of para-hydroxylation sites is 1. The van der Waals surface area contributed by atoms with Crippen LogP contribution in [-0.4, -0.2) is 41.9 Å². The maximum Gasteiger partial charge on any atom is 0.262 e. The van der Waals surface area contributed by atoms with Gasteiger partial charge < -0.3 is 10.2 Å². The second-order valence-electron chi connectivity index (χ2n) is 7.50. The largest absolute Gasteiger partial charge is 0.349 e. The summed E-state index contributed by atoms with van der Waals surface area (Å²) in [6, 6.07) is 17.7. The number of hydrogen-bond acceptors (Lipinski definition) is 4. The molecule has 7 heteroatoms. The van der Waals surface area contributed by atoms with Crippen molar-refractivity contribution in [3.05, 3.63) is 70.5 Å². The number of nitrogens with one attached hydrogen (secondary N) is 2. The van der Waals surface area contributed by atoms with Gasteiger partial charge in [0.2, 0.25) is 5.91 Å². The number of quaternary nitrogens is 1. The third-order valence-electron chi connectivity index (χ3n) is 5.01. The van der Waals surface area contributed by atoms with Crippen molar-refractivity contribution < 1.29 is 9.69 Å². The van der Waals surface area contributed by atoms with E-state index in [-0.39, 0.29) is 23.3 Å². The Bertz CT molecular complexity index is 1050. The number of amides is 1. The first-order valence-corrected chi connectivity index (χ1v) is 11.2. The zero-order valence-electron chi connectivity index (χ0n) is 17.7. The van der Waals surface area contributed by atoms with Crippen LogP contribution >= 0.6 is 11.8 Å². The summed E-state index contributed by atoms with van der Waals surface area (Å²) in [7, 11) is 4.17. The molecule has 1 amide bonds. The van der Waals surface area contributed by atoms with Crippen molar-refractivity contribution in [2.24, 2.45) is 0 Å². The summed E-state index contributed by atoms with van der Waals surface area (Å²) in [5.74, 6) is 0.159. The van der Waals surface area contributed by atoms with Gasteiger partial charge in [-0.05, 0) is 18.6 Å². The van der Waals surface area contributed by atoms with Gasteiger partial charge in [-0.2, -0.15) is 0 Å². The molecule has 2 aromatic carbocycles. The molecule has 0 unspecified atom stereocenters. The molecule has 0 radical (unpaired) electrons. The van der Waals surface area contributed by atoms with Gasteiger partial charge >= 0.3 is 0 Å². The van der Waals surface area contributed by atoms with E-state index in [2.05, 4.69) is 36.5 Å². The van der Waals surface area contributed by atoms with Gasteiger partial charge in [-0.3, -0.25) is 14.2 Å². The summed E-state index contributed by atoms with van der Waals surface area (Å²) < 4.78 is 1.68. The van der Waals surface area contributed by atoms with Crippen molar-refractivity contribution in [2.75, 3.05) is 26.4 Å². The second-order valence-corrected chi connectivity index (χ2v) is 8.44. The van der Waals surface area contributed by atoms with Crippen LogP contribution in [0.25, 0.3) is 10.9 Å². The lowest BCUT2D eigenvalue weighted by Gasteiger charge is -2.22. The molecule has 2 N–H and O–H groups in total. The van der Waals surface area contributed by atoms with Crippen LogP contribution in [0.3, 0.4) is 0 Å². The minimum absolute atomic E-state index is 0.0503. The highest BCUT2D eigenvalue weighted by Gasteiger charge is 2.19. The maximum absolute atomic E-state index is 12.8. The number of thioether (sulfide) groups is 1. The molecule has 0 aliphatic carbocycles. The first-order valence-electron chi connectivity index (χ1n) is 10.2. The van der Waals surface area contributed by atoms with Crippen molar-refractivity contribution >= 4 is 28.6 Å². The van der Waals surface area contributed by atoms with E-state index in [4.69, 9.17) is 0 Å². The Hall–Kier alpha value is -2.64. The molecule has 0 saturated carbocycles. The number of aromatic nitrogens is 2. The number of hydrogen-bond donors (Lipinski definition) is 2. The van der Waals surface area contributed by atoms with E-state index < -0.39 is 0 Å². The van der Waals surface area contributed by atoms with E-state index in [1.165, 1.54) is 22.2 Å². The van der Waals surface area contributed by atoms with Crippen LogP contribution < -0.4 is 15.8 Å². The summed E-state index contributed by atoms with van der Waals surface area (Å²) in [5, 5.41) is 4.24. The van der Waals surface area contributed by atoms with Gasteiger partial charge in [0.25, 0.3) is 5.56 Å². The van der Waals surface area contributed by atoms with E-state index in [0.29, 0.717) is 29.1 Å². The topological polar surface area (TPSA) is 68.4 Å². The van der Waals surface area contributed by atoms with E-state index in [1.807, 2.05) is 43.3 Å². The Morgan fingerprint density at radius 2 is 1.83 bits per heavy atom. The molecule has 0 fully saturated rings. The molecule has 158 valence electrons. The molecule has 30 heavy (non-hydrogen) atoms. The van der Waals surface area contributed by atoms with Crippen LogP contribution in [0.2, 0.25) is 0 Å². The average Bonchev–Trinajstić information content (AvgIpc) is 2.75. The highest BCUT2D eigenvalue weighted by molar-refractivity contribution is 7.99. The van der Waals surface area contributed by atoms with E-state index in [1.54, 1.807) is 10.6 Å². The number of benzene rings is 2. The Kier molecular flexibility index (Phi) is 7.65. The second kappa shape index (κ2) is 10.4. The van der Waals surface area contributed by atoms with Crippen molar-refractivity contribution in [1.82, 2.24) is 14.9 Å². The fourth-order valence-corrected chi connectivity index (χ4v) is 4.27. The molecular weight excluding hydrogens is 396 g/mol. The standard InChI is InChI=1S/C23H28N4O2S/c1-4-14-27-22(29)18-12-8-9-13-19(18)25-23(27)30-16-21(28)24-15-20(26(2)3)17-10-6-5-7-11-17/h5-13,20H,4,14-16H2,1-3H3,(H,24,28)/p+1/t20-/m1/s1. The van der Waals surface area contributed by atoms with Gasteiger partial charge in [0, 0.05) is 12.1 Å². The van der Waals surface area contributed by atoms with Gasteiger partial charge in [0.15, 0.2) is 5.16 Å². The summed E-state index contributed by atoms with van der Waals surface area (Å²) in [4.78, 5) is 31.3. The van der Waals surface area contributed by atoms with Crippen molar-refractivity contribution in [2.45, 2.75) is 31.1 Å². The van der Waals surface area contributed by atoms with Crippen molar-refractivity contribution in [3.8, 4) is 0 Å². The Morgan fingerprint density at radius 1 is 1.13 bits per heavy atom. The van der Waals surface area contributed by atoms with E-state index in [0.717, 1.165) is 6.42 Å². The van der Waals surface area contributed by atoms with Crippen LogP contribution in [-0.2, 0) is 11.3 Å². The van der Waals surface area contributed by atoms with Gasteiger partial charge in [0.1, 0.15) is 6.04 Å². The molecule has 0 spiro atoms. The number of nitrogens with zero attached hydrogens (tertiary/aromatic N) is 2. The first-order chi connectivity index (χ1) is 14.5. The average molecular weight is 426 g/mol. The fourth-order valence-electron chi connectivity index (χ4n) is 3.42. The maximum atomic E-state index is 12.8. The predicted molar refractivity (Wildman–Crippen MR) is 122 cm³/mol. The molecule has 3 rings (SSSR count). The molecule has 1 atom stereocenters. The van der Waals surface area contributed by atoms with E-state index in [9.17, 15) is 9.59 Å². The summed E-state index contributed by atoms with van der Waals surface area (Å²) >= 11 is 1.31. The van der Waals surface area contributed by atoms with Gasteiger partial charge in [-0.15, -0.1) is 0 Å². The SMILES string of the molecule is CCCn1c(SCC(=O)NC[C@H](c2ccccc2)[NH+](C)C)nc2ccccc2c1=O. The minimum atomic E-state index is -0.0624. The van der Waals surface area contributed by atoms with Crippen molar-refractivity contribution in [1.29, 1.82) is 0 Å². The fraction of sp³-hybridized carbons (Fsp3) is 0.348. The van der Waals surface area contributed by atoms with Crippen LogP contribution in [0, 0.1) is 0 Å². The first kappa shape index (κ1) is 22.1. The van der Waals surface area contributed by atoms with Gasteiger partial charge in [0.05, 0.1) is 37.3 Å². The lowest BCUT2D eigenvalue weighted by atomic mass is 10.1. The summed E-state index contributed by atoms with van der Waals surface area (Å²) in [6.45, 7) is 3.16. The highest BCUT2D eigenvalue weighted by atomic mass is 32.2. The third kappa shape index (κ3) is 5.29.